The maximum Gasteiger partial charge on any atom is 1.00 e. The second-order valence-electron chi connectivity index (χ2n) is 1.75. The molecule has 0 spiro atoms. The molecule has 1 heterocycles. The molecule has 7 heteroatoms. The summed E-state index contributed by atoms with van der Waals surface area (Å²) in [5, 5.41) is -0.794. The first-order valence-corrected chi connectivity index (χ1v) is 3.99. The Morgan fingerprint density at radius 3 is 2.33 bits per heavy atom. The number of hydrogen-bond acceptors (Lipinski definition) is 4. The van der Waals surface area contributed by atoms with Gasteiger partial charge in [0, 0.05) is 0 Å². The van der Waals surface area contributed by atoms with Crippen molar-refractivity contribution in [3.05, 3.63) is 24.1 Å². The Morgan fingerprint density at radius 1 is 1.42 bits per heavy atom. The molecule has 0 aliphatic heterocycles. The fourth-order valence-electron chi connectivity index (χ4n) is 0.529. The first-order valence-electron chi connectivity index (χ1n) is 2.58. The molecule has 4 nitrogen and oxygen atoms in total. The van der Waals surface area contributed by atoms with Crippen LogP contribution in [-0.2, 0) is 10.1 Å². The summed E-state index contributed by atoms with van der Waals surface area (Å²) in [6, 6.07) is 2.99. The van der Waals surface area contributed by atoms with Crippen LogP contribution in [0.2, 0.25) is 0 Å². The van der Waals surface area contributed by atoms with Gasteiger partial charge in [-0.1, -0.05) is 6.07 Å². The summed E-state index contributed by atoms with van der Waals surface area (Å²) < 4.78 is 42.8. The molecule has 1 rings (SSSR count). The normalized spacial score (nSPS) is 10.5. The van der Waals surface area contributed by atoms with E-state index in [1.807, 2.05) is 0 Å². The van der Waals surface area contributed by atoms with E-state index in [0.29, 0.717) is 0 Å². The molecule has 0 fully saturated rings. The van der Waals surface area contributed by atoms with E-state index < -0.39 is 21.1 Å². The van der Waals surface area contributed by atoms with Crippen LogP contribution >= 0.6 is 0 Å². The predicted molar refractivity (Wildman–Crippen MR) is 32.2 cm³/mol. The Labute approximate surface area is 90.9 Å². The fourth-order valence-corrected chi connectivity index (χ4v) is 0.973. The van der Waals surface area contributed by atoms with E-state index in [1.165, 1.54) is 0 Å². The van der Waals surface area contributed by atoms with Gasteiger partial charge in [0.25, 0.3) is 0 Å². The molecule has 0 amide bonds. The zero-order valence-corrected chi connectivity index (χ0v) is 9.01. The summed E-state index contributed by atoms with van der Waals surface area (Å²) in [5.74, 6) is -0.984. The van der Waals surface area contributed by atoms with Crippen LogP contribution in [0.25, 0.3) is 0 Å². The minimum atomic E-state index is -4.63. The van der Waals surface area contributed by atoms with Gasteiger partial charge in [-0.25, -0.2) is 13.4 Å². The number of rotatable bonds is 1. The Bertz CT molecular complexity index is 367. The summed E-state index contributed by atoms with van der Waals surface area (Å²) in [6.45, 7) is 0. The molecule has 0 aliphatic carbocycles. The molecule has 0 unspecified atom stereocenters. The van der Waals surface area contributed by atoms with Crippen LogP contribution in [0.1, 0.15) is 0 Å². The summed E-state index contributed by atoms with van der Waals surface area (Å²) in [5.41, 5.74) is 0. The maximum atomic E-state index is 12.2. The standard InChI is InChI=1S/C5H4FNO3S.Na/c6-4-2-1-3-5(7-4)11(8,9)10;/h1-3H,(H,8,9,10);/q;+1/p-1. The third kappa shape index (κ3) is 3.16. The number of halogens is 1. The van der Waals surface area contributed by atoms with Crippen LogP contribution < -0.4 is 29.6 Å². The van der Waals surface area contributed by atoms with E-state index in [4.69, 9.17) is 0 Å². The van der Waals surface area contributed by atoms with E-state index in [9.17, 15) is 17.4 Å². The van der Waals surface area contributed by atoms with E-state index in [2.05, 4.69) is 4.98 Å². The first kappa shape index (κ1) is 12.0. The van der Waals surface area contributed by atoms with Crippen LogP contribution in [0.3, 0.4) is 0 Å². The van der Waals surface area contributed by atoms with Crippen LogP contribution in [-0.4, -0.2) is 18.0 Å². The summed E-state index contributed by atoms with van der Waals surface area (Å²) in [4.78, 5) is 2.88. The molecule has 12 heavy (non-hydrogen) atoms. The summed E-state index contributed by atoms with van der Waals surface area (Å²) >= 11 is 0. The van der Waals surface area contributed by atoms with Gasteiger partial charge in [-0.05, 0) is 12.1 Å². The van der Waals surface area contributed by atoms with Crippen molar-refractivity contribution in [3.63, 3.8) is 0 Å². The topological polar surface area (TPSA) is 70.1 Å². The molecule has 0 N–H and O–H groups in total. The van der Waals surface area contributed by atoms with Crippen molar-refractivity contribution in [3.8, 4) is 0 Å². The van der Waals surface area contributed by atoms with E-state index in [0.717, 1.165) is 18.2 Å². The monoisotopic (exact) mass is 199 g/mol. The van der Waals surface area contributed by atoms with Gasteiger partial charge < -0.3 is 4.55 Å². The van der Waals surface area contributed by atoms with Gasteiger partial charge in [-0.15, -0.1) is 0 Å². The van der Waals surface area contributed by atoms with Gasteiger partial charge in [-0.2, -0.15) is 4.39 Å². The SMILES string of the molecule is O=S(=O)([O-])c1cccc(F)n1.[Na+]. The molecule has 0 atom stereocenters. The number of aromatic nitrogens is 1. The average Bonchev–Trinajstić information content (AvgIpc) is 1.86. The van der Waals surface area contributed by atoms with Crippen LogP contribution in [0.4, 0.5) is 4.39 Å². The third-order valence-corrected chi connectivity index (χ3v) is 1.69. The second kappa shape index (κ2) is 4.29. The van der Waals surface area contributed by atoms with Gasteiger partial charge in [0.05, 0.1) is 0 Å². The zero-order valence-electron chi connectivity index (χ0n) is 6.19. The molecular formula is C5H3FNNaO3S. The van der Waals surface area contributed by atoms with Crippen LogP contribution in [0.5, 0.6) is 0 Å². The van der Waals surface area contributed by atoms with Gasteiger partial charge in [-0.3, -0.25) is 0 Å². The predicted octanol–water partition coefficient (Wildman–Crippen LogP) is -2.87. The fraction of sp³-hybridized carbons (Fsp3) is 0. The number of nitrogens with zero attached hydrogens (tertiary/aromatic N) is 1. The second-order valence-corrected chi connectivity index (χ2v) is 3.08. The van der Waals surface area contributed by atoms with Crippen molar-refractivity contribution in [2.45, 2.75) is 5.03 Å². The third-order valence-electron chi connectivity index (χ3n) is 0.946. The van der Waals surface area contributed by atoms with Crippen molar-refractivity contribution in [2.75, 3.05) is 0 Å². The van der Waals surface area contributed by atoms with Gasteiger partial charge in [0.1, 0.15) is 15.1 Å². The first-order chi connectivity index (χ1) is 5.00. The Balaban J connectivity index is 0.00000121. The van der Waals surface area contributed by atoms with Crippen molar-refractivity contribution in [2.24, 2.45) is 0 Å². The van der Waals surface area contributed by atoms with Crippen LogP contribution in [0, 0.1) is 5.95 Å². The summed E-state index contributed by atoms with van der Waals surface area (Å²) in [6.07, 6.45) is 0. The molecule has 0 aliphatic rings. The molecule has 1 aromatic rings. The van der Waals surface area contributed by atoms with Crippen molar-refractivity contribution < 1.29 is 46.9 Å². The van der Waals surface area contributed by atoms with Crippen LogP contribution in [0.15, 0.2) is 23.2 Å². The maximum absolute atomic E-state index is 12.2. The Hall–Kier alpha value is -0.0100. The zero-order chi connectivity index (χ0) is 8.48. The molecular weight excluding hydrogens is 196 g/mol. The van der Waals surface area contributed by atoms with Gasteiger partial charge in [0.2, 0.25) is 5.95 Å². The molecule has 0 bridgehead atoms. The Kier molecular flexibility index (Phi) is 4.29. The van der Waals surface area contributed by atoms with Crippen molar-refractivity contribution in [1.82, 2.24) is 4.98 Å². The van der Waals surface area contributed by atoms with E-state index >= 15 is 0 Å². The van der Waals surface area contributed by atoms with E-state index in [-0.39, 0.29) is 29.6 Å². The molecule has 0 saturated heterocycles. The Morgan fingerprint density at radius 2 is 2.00 bits per heavy atom. The minimum absolute atomic E-state index is 0. The summed E-state index contributed by atoms with van der Waals surface area (Å²) in [7, 11) is -4.63. The smallest absolute Gasteiger partial charge is 0.743 e. The van der Waals surface area contributed by atoms with Crippen molar-refractivity contribution >= 4 is 10.1 Å². The van der Waals surface area contributed by atoms with E-state index in [1.54, 1.807) is 0 Å². The number of hydrogen-bond donors (Lipinski definition) is 0. The number of pyridine rings is 1. The largest absolute Gasteiger partial charge is 1.00 e. The average molecular weight is 199 g/mol. The molecule has 0 aromatic carbocycles. The molecule has 60 valence electrons. The molecule has 0 saturated carbocycles. The quantitative estimate of drug-likeness (QED) is 0.277. The van der Waals surface area contributed by atoms with Gasteiger partial charge in [0.15, 0.2) is 0 Å². The molecule has 0 radical (unpaired) electrons. The van der Waals surface area contributed by atoms with Gasteiger partial charge >= 0.3 is 29.6 Å². The van der Waals surface area contributed by atoms with Crippen molar-refractivity contribution in [1.29, 1.82) is 0 Å². The minimum Gasteiger partial charge on any atom is -0.743 e. The molecule has 1 aromatic heterocycles.